The third kappa shape index (κ3) is 5.73. The summed E-state index contributed by atoms with van der Waals surface area (Å²) in [5.41, 5.74) is 6.02. The molecule has 1 aromatic carbocycles. The number of halogens is 1. The van der Waals surface area contributed by atoms with Crippen LogP contribution in [0.1, 0.15) is 25.8 Å². The number of nitrogens with two attached hydrogens (primary N) is 1. The Kier molecular flexibility index (Phi) is 6.65. The minimum Gasteiger partial charge on any atom is -0.383 e. The van der Waals surface area contributed by atoms with Crippen molar-refractivity contribution >= 4 is 23.4 Å². The molecule has 0 saturated carbocycles. The number of amides is 2. The molecule has 21 heavy (non-hydrogen) atoms. The second-order valence-electron chi connectivity index (χ2n) is 5.40. The van der Waals surface area contributed by atoms with Gasteiger partial charge in [-0.25, -0.2) is 0 Å². The van der Waals surface area contributed by atoms with Crippen molar-refractivity contribution in [2.75, 3.05) is 0 Å². The molecule has 0 heterocycles. The summed E-state index contributed by atoms with van der Waals surface area (Å²) >= 11 is 6.03. The molecule has 0 bridgehead atoms. The highest BCUT2D eigenvalue weighted by Gasteiger charge is 2.24. The third-order valence-corrected chi connectivity index (χ3v) is 3.41. The quantitative estimate of drug-likeness (QED) is 0.707. The Labute approximate surface area is 129 Å². The van der Waals surface area contributed by atoms with Gasteiger partial charge in [0.05, 0.1) is 0 Å². The van der Waals surface area contributed by atoms with E-state index < -0.39 is 24.0 Å². The van der Waals surface area contributed by atoms with Crippen molar-refractivity contribution in [3.63, 3.8) is 0 Å². The minimum atomic E-state index is -1.15. The van der Waals surface area contributed by atoms with Crippen LogP contribution < -0.4 is 11.1 Å². The second-order valence-corrected chi connectivity index (χ2v) is 5.81. The van der Waals surface area contributed by atoms with Crippen molar-refractivity contribution in [2.45, 2.75) is 38.8 Å². The lowest BCUT2D eigenvalue weighted by molar-refractivity contribution is -0.133. The maximum Gasteiger partial charge on any atom is 0.249 e. The number of rotatable bonds is 7. The van der Waals surface area contributed by atoms with Crippen LogP contribution >= 0.6 is 11.6 Å². The van der Waals surface area contributed by atoms with E-state index in [4.69, 9.17) is 17.3 Å². The monoisotopic (exact) mass is 312 g/mol. The van der Waals surface area contributed by atoms with Crippen LogP contribution in [0, 0.1) is 5.92 Å². The topological polar surface area (TPSA) is 92.4 Å². The number of carbonyl (C=O) groups excluding carboxylic acids is 2. The average Bonchev–Trinajstić information content (AvgIpc) is 2.39. The smallest absolute Gasteiger partial charge is 0.249 e. The van der Waals surface area contributed by atoms with Crippen molar-refractivity contribution in [1.82, 2.24) is 5.32 Å². The first-order valence-electron chi connectivity index (χ1n) is 6.82. The fourth-order valence-corrected chi connectivity index (χ4v) is 2.14. The molecule has 0 fully saturated rings. The molecule has 5 nitrogen and oxygen atoms in total. The van der Waals surface area contributed by atoms with Crippen LogP contribution in [0.2, 0.25) is 5.02 Å². The van der Waals surface area contributed by atoms with E-state index >= 15 is 0 Å². The highest BCUT2D eigenvalue weighted by atomic mass is 35.5. The average molecular weight is 313 g/mol. The molecule has 2 amide bonds. The number of primary amides is 1. The number of aliphatic hydroxyl groups is 1. The Morgan fingerprint density at radius 2 is 1.95 bits per heavy atom. The zero-order chi connectivity index (χ0) is 16.0. The molecule has 4 N–H and O–H groups in total. The molecule has 1 rings (SSSR count). The molecule has 0 aliphatic heterocycles. The van der Waals surface area contributed by atoms with Crippen LogP contribution in [0.25, 0.3) is 0 Å². The first-order chi connectivity index (χ1) is 9.81. The van der Waals surface area contributed by atoms with Crippen LogP contribution in [0.5, 0.6) is 0 Å². The number of aliphatic hydroxyl groups excluding tert-OH is 1. The van der Waals surface area contributed by atoms with E-state index in [0.29, 0.717) is 17.0 Å². The fraction of sp³-hybridized carbons (Fsp3) is 0.467. The molecule has 0 saturated heterocycles. The summed E-state index contributed by atoms with van der Waals surface area (Å²) in [6.45, 7) is 3.79. The van der Waals surface area contributed by atoms with Gasteiger partial charge >= 0.3 is 0 Å². The molecular formula is C15H21ClN2O3. The number of hydrogen-bond acceptors (Lipinski definition) is 3. The van der Waals surface area contributed by atoms with Gasteiger partial charge < -0.3 is 16.2 Å². The molecule has 116 valence electrons. The van der Waals surface area contributed by atoms with Crippen molar-refractivity contribution in [3.05, 3.63) is 34.9 Å². The summed E-state index contributed by atoms with van der Waals surface area (Å²) < 4.78 is 0. The number of carbonyl (C=O) groups is 2. The Morgan fingerprint density at radius 3 is 2.48 bits per heavy atom. The maximum absolute atomic E-state index is 11.9. The molecule has 0 aliphatic carbocycles. The van der Waals surface area contributed by atoms with Crippen LogP contribution in [0.3, 0.4) is 0 Å². The lowest BCUT2D eigenvalue weighted by atomic mass is 10.0. The van der Waals surface area contributed by atoms with Crippen LogP contribution in [0.15, 0.2) is 24.3 Å². The van der Waals surface area contributed by atoms with Gasteiger partial charge in [-0.05, 0) is 24.0 Å². The van der Waals surface area contributed by atoms with Crippen molar-refractivity contribution in [2.24, 2.45) is 11.7 Å². The summed E-state index contributed by atoms with van der Waals surface area (Å²) in [7, 11) is 0. The van der Waals surface area contributed by atoms with E-state index in [1.165, 1.54) is 0 Å². The summed E-state index contributed by atoms with van der Waals surface area (Å²) in [5, 5.41) is 12.7. The molecule has 0 radical (unpaired) electrons. The molecular weight excluding hydrogens is 292 g/mol. The Morgan fingerprint density at radius 1 is 1.33 bits per heavy atom. The van der Waals surface area contributed by atoms with Gasteiger partial charge in [0.25, 0.3) is 0 Å². The number of benzene rings is 1. The molecule has 1 aromatic rings. The highest BCUT2D eigenvalue weighted by molar-refractivity contribution is 6.31. The lowest BCUT2D eigenvalue weighted by Gasteiger charge is -2.19. The summed E-state index contributed by atoms with van der Waals surface area (Å²) in [6.07, 6.45) is -0.642. The Hall–Kier alpha value is -1.59. The predicted octanol–water partition coefficient (Wildman–Crippen LogP) is 1.26. The Balaban J connectivity index is 2.73. The zero-order valence-corrected chi connectivity index (χ0v) is 12.9. The third-order valence-electron chi connectivity index (χ3n) is 3.04. The molecule has 0 aromatic heterocycles. The maximum atomic E-state index is 11.9. The minimum absolute atomic E-state index is 0.168. The Bertz CT molecular complexity index is 505. The van der Waals surface area contributed by atoms with Gasteiger partial charge in [0.1, 0.15) is 12.1 Å². The van der Waals surface area contributed by atoms with E-state index in [-0.39, 0.29) is 12.3 Å². The summed E-state index contributed by atoms with van der Waals surface area (Å²) in [4.78, 5) is 23.3. The second kappa shape index (κ2) is 8.00. The van der Waals surface area contributed by atoms with E-state index in [9.17, 15) is 14.7 Å². The first-order valence-corrected chi connectivity index (χ1v) is 7.20. The largest absolute Gasteiger partial charge is 0.383 e. The van der Waals surface area contributed by atoms with E-state index in [1.807, 2.05) is 13.8 Å². The zero-order valence-electron chi connectivity index (χ0n) is 12.2. The summed E-state index contributed by atoms with van der Waals surface area (Å²) in [5.74, 6) is -1.10. The summed E-state index contributed by atoms with van der Waals surface area (Å²) in [6, 6.07) is 6.11. The van der Waals surface area contributed by atoms with Gasteiger partial charge in [-0.3, -0.25) is 9.59 Å². The SMILES string of the molecule is CC(C)C[C@H](O)C(=O)N[C@@H](Cc1ccccc1Cl)C(N)=O. The van der Waals surface area contributed by atoms with Gasteiger partial charge in [0.2, 0.25) is 11.8 Å². The van der Waals surface area contributed by atoms with Gasteiger partial charge in [-0.2, -0.15) is 0 Å². The number of nitrogens with one attached hydrogen (secondary N) is 1. The van der Waals surface area contributed by atoms with Crippen molar-refractivity contribution in [1.29, 1.82) is 0 Å². The van der Waals surface area contributed by atoms with Crippen LogP contribution in [0.4, 0.5) is 0 Å². The van der Waals surface area contributed by atoms with Crippen LogP contribution in [-0.4, -0.2) is 29.1 Å². The van der Waals surface area contributed by atoms with Gasteiger partial charge in [-0.15, -0.1) is 0 Å². The van der Waals surface area contributed by atoms with E-state index in [2.05, 4.69) is 5.32 Å². The van der Waals surface area contributed by atoms with Crippen molar-refractivity contribution < 1.29 is 14.7 Å². The highest BCUT2D eigenvalue weighted by Crippen LogP contribution is 2.16. The van der Waals surface area contributed by atoms with Gasteiger partial charge in [0.15, 0.2) is 0 Å². The van der Waals surface area contributed by atoms with Crippen molar-refractivity contribution in [3.8, 4) is 0 Å². The molecule has 6 heteroatoms. The van der Waals surface area contributed by atoms with E-state index in [0.717, 1.165) is 0 Å². The van der Waals surface area contributed by atoms with Gasteiger partial charge in [0, 0.05) is 11.4 Å². The number of hydrogen-bond donors (Lipinski definition) is 3. The molecule has 0 unspecified atom stereocenters. The first kappa shape index (κ1) is 17.5. The molecule has 2 atom stereocenters. The lowest BCUT2D eigenvalue weighted by Crippen LogP contribution is -2.49. The normalized spacial score (nSPS) is 13.8. The fourth-order valence-electron chi connectivity index (χ4n) is 1.93. The van der Waals surface area contributed by atoms with Crippen LogP contribution in [-0.2, 0) is 16.0 Å². The predicted molar refractivity (Wildman–Crippen MR) is 81.7 cm³/mol. The van der Waals surface area contributed by atoms with Gasteiger partial charge in [-0.1, -0.05) is 43.6 Å². The molecule has 0 spiro atoms. The molecule has 0 aliphatic rings. The van der Waals surface area contributed by atoms with E-state index in [1.54, 1.807) is 24.3 Å². The standard InChI is InChI=1S/C15H21ClN2O3/c1-9(2)7-13(19)15(21)18-12(14(17)20)8-10-5-3-4-6-11(10)16/h3-6,9,12-13,19H,7-8H2,1-2H3,(H2,17,20)(H,18,21)/t12-,13-/m0/s1.